The lowest BCUT2D eigenvalue weighted by atomic mass is 9.94. The SMILES string of the molecule is CN(Cc1cccc(C=NNc2nc(N)cs2)c1)C1CCCCC1. The molecule has 1 heterocycles. The van der Waals surface area contributed by atoms with Crippen LogP contribution in [0.4, 0.5) is 10.9 Å². The zero-order valence-electron chi connectivity index (χ0n) is 14.1. The molecule has 2 aromatic rings. The first-order valence-corrected chi connectivity index (χ1v) is 9.38. The Balaban J connectivity index is 1.57. The number of hydrazone groups is 1. The molecule has 128 valence electrons. The predicted octanol–water partition coefficient (Wildman–Crippen LogP) is 3.94. The first kappa shape index (κ1) is 16.9. The van der Waals surface area contributed by atoms with Crippen molar-refractivity contribution in [2.75, 3.05) is 18.2 Å². The Morgan fingerprint density at radius 2 is 2.21 bits per heavy atom. The number of benzene rings is 1. The van der Waals surface area contributed by atoms with Crippen LogP contribution in [0.25, 0.3) is 0 Å². The van der Waals surface area contributed by atoms with Gasteiger partial charge in [0.25, 0.3) is 0 Å². The number of thiazole rings is 1. The van der Waals surface area contributed by atoms with Crippen molar-refractivity contribution in [3.8, 4) is 0 Å². The number of anilines is 2. The van der Waals surface area contributed by atoms with Crippen LogP contribution in [0.1, 0.15) is 43.2 Å². The molecule has 1 saturated carbocycles. The molecule has 0 aliphatic heterocycles. The Hall–Kier alpha value is -1.92. The van der Waals surface area contributed by atoms with Gasteiger partial charge in [-0.3, -0.25) is 10.3 Å². The summed E-state index contributed by atoms with van der Waals surface area (Å²) in [4.78, 5) is 6.61. The molecule has 0 radical (unpaired) electrons. The van der Waals surface area contributed by atoms with Gasteiger partial charge in [0.1, 0.15) is 5.82 Å². The van der Waals surface area contributed by atoms with Gasteiger partial charge < -0.3 is 5.73 Å². The number of rotatable bonds is 6. The third kappa shape index (κ3) is 4.79. The van der Waals surface area contributed by atoms with E-state index in [-0.39, 0.29) is 0 Å². The average Bonchev–Trinajstić information content (AvgIpc) is 3.01. The van der Waals surface area contributed by atoms with E-state index in [2.05, 4.69) is 51.7 Å². The predicted molar refractivity (Wildman–Crippen MR) is 103 cm³/mol. The van der Waals surface area contributed by atoms with Crippen molar-refractivity contribution >= 4 is 28.5 Å². The molecule has 0 atom stereocenters. The van der Waals surface area contributed by atoms with Crippen LogP contribution in [-0.4, -0.2) is 29.2 Å². The van der Waals surface area contributed by atoms with E-state index in [1.54, 1.807) is 5.38 Å². The van der Waals surface area contributed by atoms with Crippen molar-refractivity contribution in [1.29, 1.82) is 0 Å². The molecule has 1 aliphatic carbocycles. The zero-order valence-corrected chi connectivity index (χ0v) is 14.9. The minimum atomic E-state index is 0.519. The van der Waals surface area contributed by atoms with Crippen LogP contribution in [0.3, 0.4) is 0 Å². The van der Waals surface area contributed by atoms with Gasteiger partial charge in [-0.15, -0.1) is 11.3 Å². The highest BCUT2D eigenvalue weighted by Crippen LogP contribution is 2.23. The van der Waals surface area contributed by atoms with Crippen molar-refractivity contribution in [2.24, 2.45) is 5.10 Å². The summed E-state index contributed by atoms with van der Waals surface area (Å²) in [6, 6.07) is 9.26. The van der Waals surface area contributed by atoms with Gasteiger partial charge in [0.2, 0.25) is 5.13 Å². The lowest BCUT2D eigenvalue weighted by Crippen LogP contribution is -2.32. The van der Waals surface area contributed by atoms with Crippen molar-refractivity contribution in [3.63, 3.8) is 0 Å². The summed E-state index contributed by atoms with van der Waals surface area (Å²) < 4.78 is 0. The maximum absolute atomic E-state index is 5.59. The molecular formula is C18H25N5S. The molecule has 0 bridgehead atoms. The Bertz CT molecular complexity index is 676. The van der Waals surface area contributed by atoms with Gasteiger partial charge in [-0.1, -0.05) is 37.5 Å². The van der Waals surface area contributed by atoms with Gasteiger partial charge in [-0.05, 0) is 37.1 Å². The first-order chi connectivity index (χ1) is 11.7. The van der Waals surface area contributed by atoms with Gasteiger partial charge >= 0.3 is 0 Å². The number of nitrogens with one attached hydrogen (secondary N) is 1. The van der Waals surface area contributed by atoms with E-state index in [9.17, 15) is 0 Å². The largest absolute Gasteiger partial charge is 0.383 e. The third-order valence-corrected chi connectivity index (χ3v) is 5.24. The fourth-order valence-corrected chi connectivity index (χ4v) is 3.76. The summed E-state index contributed by atoms with van der Waals surface area (Å²) in [5.74, 6) is 0.519. The van der Waals surface area contributed by atoms with E-state index in [1.165, 1.54) is 49.0 Å². The molecule has 0 saturated heterocycles. The maximum Gasteiger partial charge on any atom is 0.205 e. The van der Waals surface area contributed by atoms with Crippen LogP contribution in [0.2, 0.25) is 0 Å². The van der Waals surface area contributed by atoms with Gasteiger partial charge in [0.15, 0.2) is 0 Å². The zero-order chi connectivity index (χ0) is 16.8. The summed E-state index contributed by atoms with van der Waals surface area (Å²) in [6.45, 7) is 0.989. The van der Waals surface area contributed by atoms with Crippen LogP contribution in [0.15, 0.2) is 34.7 Å². The summed E-state index contributed by atoms with van der Waals surface area (Å²) in [6.07, 6.45) is 8.62. The lowest BCUT2D eigenvalue weighted by molar-refractivity contribution is 0.184. The Morgan fingerprint density at radius 1 is 1.38 bits per heavy atom. The highest BCUT2D eigenvalue weighted by atomic mass is 32.1. The van der Waals surface area contributed by atoms with E-state index in [1.807, 2.05) is 6.21 Å². The highest BCUT2D eigenvalue weighted by molar-refractivity contribution is 7.14. The monoisotopic (exact) mass is 343 g/mol. The Labute approximate surface area is 147 Å². The van der Waals surface area contributed by atoms with Gasteiger partial charge in [-0.2, -0.15) is 5.10 Å². The summed E-state index contributed by atoms with van der Waals surface area (Å²) in [5.41, 5.74) is 10.9. The number of nitrogen functional groups attached to an aromatic ring is 1. The fourth-order valence-electron chi connectivity index (χ4n) is 3.21. The van der Waals surface area contributed by atoms with Gasteiger partial charge in [0, 0.05) is 18.0 Å². The van der Waals surface area contributed by atoms with Gasteiger partial charge in [0.05, 0.1) is 6.21 Å². The molecule has 1 aliphatic rings. The minimum Gasteiger partial charge on any atom is -0.383 e. The van der Waals surface area contributed by atoms with Crippen molar-refractivity contribution in [3.05, 3.63) is 40.8 Å². The number of hydrogen-bond acceptors (Lipinski definition) is 6. The molecule has 0 amide bonds. The normalized spacial score (nSPS) is 16.1. The van der Waals surface area contributed by atoms with Crippen molar-refractivity contribution in [1.82, 2.24) is 9.88 Å². The molecule has 0 unspecified atom stereocenters. The highest BCUT2D eigenvalue weighted by Gasteiger charge is 2.17. The quantitative estimate of drug-likeness (QED) is 0.616. The summed E-state index contributed by atoms with van der Waals surface area (Å²) >= 11 is 1.44. The number of nitrogens with two attached hydrogens (primary N) is 1. The van der Waals surface area contributed by atoms with E-state index in [0.717, 1.165) is 18.2 Å². The second-order valence-corrected chi connectivity index (χ2v) is 7.26. The van der Waals surface area contributed by atoms with Crippen LogP contribution in [-0.2, 0) is 6.54 Å². The van der Waals surface area contributed by atoms with Crippen molar-refractivity contribution in [2.45, 2.75) is 44.7 Å². The number of hydrogen-bond donors (Lipinski definition) is 2. The Morgan fingerprint density at radius 3 is 2.96 bits per heavy atom. The maximum atomic E-state index is 5.59. The molecule has 1 aromatic heterocycles. The third-order valence-electron chi connectivity index (χ3n) is 4.48. The van der Waals surface area contributed by atoms with E-state index in [0.29, 0.717) is 10.9 Å². The minimum absolute atomic E-state index is 0.519. The van der Waals surface area contributed by atoms with E-state index >= 15 is 0 Å². The number of aromatic nitrogens is 1. The van der Waals surface area contributed by atoms with E-state index < -0.39 is 0 Å². The molecule has 0 spiro atoms. The summed E-state index contributed by atoms with van der Waals surface area (Å²) in [5, 5.41) is 6.74. The Kier molecular flexibility index (Phi) is 5.82. The van der Waals surface area contributed by atoms with E-state index in [4.69, 9.17) is 5.73 Å². The standard InChI is InChI=1S/C18H25N5S/c1-23(16-8-3-2-4-9-16)12-15-7-5-6-14(10-15)11-20-22-18-21-17(19)13-24-18/h5-7,10-11,13,16H,2-4,8-9,12,19H2,1H3,(H,21,22). The topological polar surface area (TPSA) is 66.5 Å². The molecule has 5 nitrogen and oxygen atoms in total. The lowest BCUT2D eigenvalue weighted by Gasteiger charge is -2.31. The first-order valence-electron chi connectivity index (χ1n) is 8.50. The van der Waals surface area contributed by atoms with Crippen molar-refractivity contribution < 1.29 is 0 Å². The second kappa shape index (κ2) is 8.26. The summed E-state index contributed by atoms with van der Waals surface area (Å²) in [7, 11) is 2.24. The molecule has 6 heteroatoms. The van der Waals surface area contributed by atoms with Crippen LogP contribution in [0, 0.1) is 0 Å². The van der Waals surface area contributed by atoms with Crippen LogP contribution >= 0.6 is 11.3 Å². The number of nitrogens with zero attached hydrogens (tertiary/aromatic N) is 3. The average molecular weight is 344 g/mol. The second-order valence-electron chi connectivity index (χ2n) is 6.40. The molecule has 24 heavy (non-hydrogen) atoms. The molecule has 3 N–H and O–H groups in total. The smallest absolute Gasteiger partial charge is 0.205 e. The molecule has 1 fully saturated rings. The fraction of sp³-hybridized carbons (Fsp3) is 0.444. The van der Waals surface area contributed by atoms with Gasteiger partial charge in [-0.25, -0.2) is 4.98 Å². The molecular weight excluding hydrogens is 318 g/mol. The van der Waals surface area contributed by atoms with Crippen LogP contribution in [0.5, 0.6) is 0 Å². The van der Waals surface area contributed by atoms with Crippen LogP contribution < -0.4 is 11.2 Å². The molecule has 3 rings (SSSR count). The molecule has 1 aromatic carbocycles.